The highest BCUT2D eigenvalue weighted by Crippen LogP contribution is 2.24. The van der Waals surface area contributed by atoms with Gasteiger partial charge >= 0.3 is 0 Å². The minimum Gasteiger partial charge on any atom is -0.385 e. The van der Waals surface area contributed by atoms with Crippen molar-refractivity contribution in [2.75, 3.05) is 13.2 Å². The van der Waals surface area contributed by atoms with Gasteiger partial charge in [-0.2, -0.15) is 0 Å². The van der Waals surface area contributed by atoms with Crippen LogP contribution in [0.15, 0.2) is 12.3 Å². The first-order valence-corrected chi connectivity index (χ1v) is 6.24. The van der Waals surface area contributed by atoms with Crippen LogP contribution in [0, 0.1) is 0 Å². The molecule has 0 aromatic carbocycles. The molecule has 2 rings (SSSR count). The monoisotopic (exact) mass is 272 g/mol. The number of aliphatic hydroxyl groups is 1. The van der Waals surface area contributed by atoms with Gasteiger partial charge in [0.25, 0.3) is 5.91 Å². The van der Waals surface area contributed by atoms with E-state index in [1.54, 1.807) is 30.8 Å². The zero-order chi connectivity index (χ0) is 13.3. The second-order valence-corrected chi connectivity index (χ2v) is 5.14. The average molecular weight is 273 g/mol. The van der Waals surface area contributed by atoms with Crippen LogP contribution in [-0.2, 0) is 11.8 Å². The molecule has 0 spiro atoms. The number of amides is 1. The first-order valence-electron chi connectivity index (χ1n) is 5.86. The largest absolute Gasteiger partial charge is 0.385 e. The Morgan fingerprint density at radius 2 is 2.50 bits per heavy atom. The Balaban J connectivity index is 1.98. The Labute approximate surface area is 111 Å². The molecule has 1 aromatic heterocycles. The van der Waals surface area contributed by atoms with Crippen molar-refractivity contribution in [3.63, 3.8) is 0 Å². The highest BCUT2D eigenvalue weighted by atomic mass is 35.5. The number of ether oxygens (including phenoxy) is 1. The summed E-state index contributed by atoms with van der Waals surface area (Å²) in [6, 6.07) is 1.59. The zero-order valence-electron chi connectivity index (χ0n) is 10.4. The van der Waals surface area contributed by atoms with E-state index >= 15 is 0 Å². The van der Waals surface area contributed by atoms with Gasteiger partial charge in [-0.15, -0.1) is 0 Å². The molecular formula is C12H17ClN2O3. The van der Waals surface area contributed by atoms with E-state index in [-0.39, 0.29) is 18.6 Å². The molecule has 2 heterocycles. The van der Waals surface area contributed by atoms with Crippen LogP contribution < -0.4 is 5.32 Å². The molecular weight excluding hydrogens is 256 g/mol. The fourth-order valence-electron chi connectivity index (χ4n) is 2.08. The molecule has 0 bridgehead atoms. The maximum atomic E-state index is 11.9. The number of hydrogen-bond donors (Lipinski definition) is 2. The average Bonchev–Trinajstić information content (AvgIpc) is 2.80. The molecule has 1 amide bonds. The van der Waals surface area contributed by atoms with Crippen LogP contribution in [0.2, 0.25) is 5.02 Å². The van der Waals surface area contributed by atoms with Crippen molar-refractivity contribution in [1.29, 1.82) is 0 Å². The van der Waals surface area contributed by atoms with Crippen molar-refractivity contribution in [3.05, 3.63) is 23.0 Å². The van der Waals surface area contributed by atoms with Gasteiger partial charge in [0, 0.05) is 32.8 Å². The highest BCUT2D eigenvalue weighted by Gasteiger charge is 2.39. The van der Waals surface area contributed by atoms with E-state index in [0.717, 1.165) is 0 Å². The SMILES string of the molecule is CC1OCCC1(O)CNC(=O)c1cc(Cl)cn1C. The maximum absolute atomic E-state index is 11.9. The van der Waals surface area contributed by atoms with Gasteiger partial charge in [0.1, 0.15) is 11.3 Å². The van der Waals surface area contributed by atoms with E-state index in [4.69, 9.17) is 16.3 Å². The van der Waals surface area contributed by atoms with E-state index in [1.807, 2.05) is 0 Å². The Morgan fingerprint density at radius 3 is 3.00 bits per heavy atom. The van der Waals surface area contributed by atoms with Crippen LogP contribution in [0.3, 0.4) is 0 Å². The summed E-state index contributed by atoms with van der Waals surface area (Å²) in [6.45, 7) is 2.50. The maximum Gasteiger partial charge on any atom is 0.268 e. The summed E-state index contributed by atoms with van der Waals surface area (Å²) in [6.07, 6.45) is 1.92. The minimum absolute atomic E-state index is 0.176. The summed E-state index contributed by atoms with van der Waals surface area (Å²) in [7, 11) is 1.75. The van der Waals surface area contributed by atoms with Gasteiger partial charge in [0.05, 0.1) is 11.1 Å². The molecule has 6 heteroatoms. The van der Waals surface area contributed by atoms with Gasteiger partial charge < -0.3 is 19.7 Å². The van der Waals surface area contributed by atoms with E-state index in [2.05, 4.69) is 5.32 Å². The van der Waals surface area contributed by atoms with E-state index < -0.39 is 5.60 Å². The Morgan fingerprint density at radius 1 is 1.78 bits per heavy atom. The number of rotatable bonds is 3. The third-order valence-corrected chi connectivity index (χ3v) is 3.63. The molecule has 1 saturated heterocycles. The van der Waals surface area contributed by atoms with E-state index in [9.17, 15) is 9.90 Å². The zero-order valence-corrected chi connectivity index (χ0v) is 11.2. The normalized spacial score (nSPS) is 27.4. The first-order chi connectivity index (χ1) is 8.42. The van der Waals surface area contributed by atoms with Crippen molar-refractivity contribution in [2.45, 2.75) is 25.0 Å². The van der Waals surface area contributed by atoms with E-state index in [0.29, 0.717) is 23.7 Å². The van der Waals surface area contributed by atoms with Crippen molar-refractivity contribution in [1.82, 2.24) is 9.88 Å². The van der Waals surface area contributed by atoms with Crippen LogP contribution in [-0.4, -0.2) is 40.4 Å². The van der Waals surface area contributed by atoms with Crippen molar-refractivity contribution < 1.29 is 14.6 Å². The van der Waals surface area contributed by atoms with Crippen molar-refractivity contribution in [2.24, 2.45) is 7.05 Å². The molecule has 1 aromatic rings. The molecule has 2 atom stereocenters. The first kappa shape index (κ1) is 13.4. The number of aromatic nitrogens is 1. The minimum atomic E-state index is -0.982. The van der Waals surface area contributed by atoms with Crippen LogP contribution in [0.5, 0.6) is 0 Å². The number of aryl methyl sites for hydroxylation is 1. The van der Waals surface area contributed by atoms with Gasteiger partial charge in [0.15, 0.2) is 0 Å². The van der Waals surface area contributed by atoms with Gasteiger partial charge in [0.2, 0.25) is 0 Å². The van der Waals surface area contributed by atoms with Gasteiger partial charge in [-0.25, -0.2) is 0 Å². The topological polar surface area (TPSA) is 63.5 Å². The lowest BCUT2D eigenvalue weighted by molar-refractivity contribution is -0.0252. The van der Waals surface area contributed by atoms with Crippen molar-refractivity contribution in [3.8, 4) is 0 Å². The summed E-state index contributed by atoms with van der Waals surface area (Å²) in [4.78, 5) is 11.9. The van der Waals surface area contributed by atoms with Gasteiger partial charge in [-0.1, -0.05) is 11.6 Å². The lowest BCUT2D eigenvalue weighted by Crippen LogP contribution is -2.47. The Bertz CT molecular complexity index is 460. The summed E-state index contributed by atoms with van der Waals surface area (Å²) in [5, 5.41) is 13.5. The number of carbonyl (C=O) groups excluding carboxylic acids is 1. The summed E-state index contributed by atoms with van der Waals surface area (Å²) in [5.41, 5.74) is -0.514. The number of halogens is 1. The molecule has 0 saturated carbocycles. The lowest BCUT2D eigenvalue weighted by atomic mass is 9.97. The van der Waals surface area contributed by atoms with Crippen LogP contribution in [0.1, 0.15) is 23.8 Å². The quantitative estimate of drug-likeness (QED) is 0.861. The molecule has 0 radical (unpaired) electrons. The third kappa shape index (κ3) is 2.53. The highest BCUT2D eigenvalue weighted by molar-refractivity contribution is 6.31. The molecule has 5 nitrogen and oxygen atoms in total. The molecule has 0 aliphatic carbocycles. The summed E-state index contributed by atoms with van der Waals surface area (Å²) < 4.78 is 6.96. The Kier molecular flexibility index (Phi) is 3.66. The molecule has 100 valence electrons. The smallest absolute Gasteiger partial charge is 0.268 e. The number of nitrogens with one attached hydrogen (secondary N) is 1. The molecule has 2 unspecified atom stereocenters. The number of carbonyl (C=O) groups is 1. The molecule has 1 fully saturated rings. The van der Waals surface area contributed by atoms with Crippen LogP contribution >= 0.6 is 11.6 Å². The van der Waals surface area contributed by atoms with Gasteiger partial charge in [-0.05, 0) is 13.0 Å². The predicted octanol–water partition coefficient (Wildman–Crippen LogP) is 0.948. The molecule has 1 aliphatic heterocycles. The molecule has 2 N–H and O–H groups in total. The second-order valence-electron chi connectivity index (χ2n) is 4.70. The van der Waals surface area contributed by atoms with Crippen molar-refractivity contribution >= 4 is 17.5 Å². The summed E-state index contributed by atoms with van der Waals surface area (Å²) >= 11 is 5.82. The molecule has 18 heavy (non-hydrogen) atoms. The fourth-order valence-corrected chi connectivity index (χ4v) is 2.33. The second kappa shape index (κ2) is 4.91. The predicted molar refractivity (Wildman–Crippen MR) is 67.7 cm³/mol. The lowest BCUT2D eigenvalue weighted by Gasteiger charge is -2.26. The summed E-state index contributed by atoms with van der Waals surface area (Å²) in [5.74, 6) is -0.253. The van der Waals surface area contributed by atoms with Gasteiger partial charge in [-0.3, -0.25) is 4.79 Å². The Hall–Kier alpha value is -1.04. The van der Waals surface area contributed by atoms with Crippen LogP contribution in [0.4, 0.5) is 0 Å². The number of hydrogen-bond acceptors (Lipinski definition) is 3. The third-order valence-electron chi connectivity index (χ3n) is 3.42. The number of nitrogens with zero attached hydrogens (tertiary/aromatic N) is 1. The fraction of sp³-hybridized carbons (Fsp3) is 0.583. The van der Waals surface area contributed by atoms with E-state index in [1.165, 1.54) is 0 Å². The van der Waals surface area contributed by atoms with Crippen LogP contribution in [0.25, 0.3) is 0 Å². The standard InChI is InChI=1S/C12H17ClN2O3/c1-8-12(17,3-4-18-8)7-14-11(16)10-5-9(13)6-15(10)2/h5-6,8,17H,3-4,7H2,1-2H3,(H,14,16). The molecule has 1 aliphatic rings.